The molecular weight excluding hydrogens is 178 g/mol. The fourth-order valence-corrected chi connectivity index (χ4v) is 2.08. The van der Waals surface area contributed by atoms with Gasteiger partial charge in [0.2, 0.25) is 5.91 Å². The van der Waals surface area contributed by atoms with Crippen LogP contribution in [0.3, 0.4) is 0 Å². The smallest absolute Gasteiger partial charge is 0.238 e. The van der Waals surface area contributed by atoms with E-state index in [2.05, 4.69) is 16.3 Å². The normalized spacial score (nSPS) is 33.6. The number of nitrogens with one attached hydrogen (secondary N) is 1. The van der Waals surface area contributed by atoms with Crippen molar-refractivity contribution in [1.82, 2.24) is 10.2 Å². The zero-order chi connectivity index (χ0) is 10.1. The molecule has 76 valence electrons. The minimum atomic E-state index is -0.205. The number of nitriles is 1. The number of hydrogen-bond donors (Lipinski definition) is 1. The number of rotatable bonds is 2. The lowest BCUT2D eigenvalue weighted by atomic mass is 10.1. The number of carbonyl (C=O) groups is 1. The first-order valence-electron chi connectivity index (χ1n) is 5.15. The summed E-state index contributed by atoms with van der Waals surface area (Å²) in [6, 6.07) is 2.67. The molecule has 4 nitrogen and oxygen atoms in total. The van der Waals surface area contributed by atoms with Crippen LogP contribution in [0.25, 0.3) is 0 Å². The van der Waals surface area contributed by atoms with E-state index in [1.807, 2.05) is 6.92 Å². The monoisotopic (exact) mass is 193 g/mol. The van der Waals surface area contributed by atoms with E-state index in [1.54, 1.807) is 0 Å². The van der Waals surface area contributed by atoms with Crippen molar-refractivity contribution in [3.63, 3.8) is 0 Å². The van der Waals surface area contributed by atoms with Gasteiger partial charge in [0.15, 0.2) is 0 Å². The summed E-state index contributed by atoms with van der Waals surface area (Å²) in [4.78, 5) is 13.8. The van der Waals surface area contributed by atoms with Crippen molar-refractivity contribution >= 4 is 5.91 Å². The molecule has 1 saturated heterocycles. The molecule has 2 unspecified atom stereocenters. The van der Waals surface area contributed by atoms with Crippen LogP contribution in [0.4, 0.5) is 0 Å². The molecule has 2 fully saturated rings. The summed E-state index contributed by atoms with van der Waals surface area (Å²) in [5.74, 6) is 0.0252. The van der Waals surface area contributed by atoms with Crippen molar-refractivity contribution in [2.75, 3.05) is 6.54 Å². The van der Waals surface area contributed by atoms with Gasteiger partial charge < -0.3 is 5.32 Å². The molecular formula is C10H15N3O. The van der Waals surface area contributed by atoms with Gasteiger partial charge in [0.05, 0.1) is 12.5 Å². The molecule has 2 atom stereocenters. The average Bonchev–Trinajstić information content (AvgIpc) is 2.92. The molecule has 1 amide bonds. The number of carbonyl (C=O) groups excluding carboxylic acids is 1. The third kappa shape index (κ3) is 1.73. The Morgan fingerprint density at radius 2 is 2.36 bits per heavy atom. The summed E-state index contributed by atoms with van der Waals surface area (Å²) >= 11 is 0. The first-order chi connectivity index (χ1) is 6.72. The maximum atomic E-state index is 11.6. The topological polar surface area (TPSA) is 56.1 Å². The molecule has 0 aromatic carbocycles. The summed E-state index contributed by atoms with van der Waals surface area (Å²) in [5, 5.41) is 11.6. The molecule has 1 N–H and O–H groups in total. The van der Waals surface area contributed by atoms with Crippen LogP contribution in [0.2, 0.25) is 0 Å². The van der Waals surface area contributed by atoms with E-state index in [9.17, 15) is 4.79 Å². The van der Waals surface area contributed by atoms with Crippen LogP contribution in [0.1, 0.15) is 26.2 Å². The molecule has 0 radical (unpaired) electrons. The Hall–Kier alpha value is -1.08. The van der Waals surface area contributed by atoms with E-state index < -0.39 is 0 Å². The lowest BCUT2D eigenvalue weighted by molar-refractivity contribution is -0.130. The van der Waals surface area contributed by atoms with E-state index in [4.69, 9.17) is 5.26 Å². The van der Waals surface area contributed by atoms with Gasteiger partial charge in [-0.25, -0.2) is 0 Å². The fourth-order valence-electron chi connectivity index (χ4n) is 2.08. The van der Waals surface area contributed by atoms with E-state index in [-0.39, 0.29) is 18.0 Å². The number of hydrogen-bond acceptors (Lipinski definition) is 3. The number of nitrogens with zero attached hydrogens (tertiary/aromatic N) is 2. The first kappa shape index (κ1) is 9.47. The maximum Gasteiger partial charge on any atom is 0.238 e. The Morgan fingerprint density at radius 1 is 1.64 bits per heavy atom. The van der Waals surface area contributed by atoms with Crippen molar-refractivity contribution in [1.29, 1.82) is 5.26 Å². The lowest BCUT2D eigenvalue weighted by Crippen LogP contribution is -2.59. The molecule has 1 saturated carbocycles. The van der Waals surface area contributed by atoms with Crippen molar-refractivity contribution in [2.45, 2.75) is 44.3 Å². The Labute approximate surface area is 83.9 Å². The van der Waals surface area contributed by atoms with Crippen LogP contribution in [0.5, 0.6) is 0 Å². The van der Waals surface area contributed by atoms with Crippen LogP contribution >= 0.6 is 0 Å². The largest absolute Gasteiger partial charge is 0.351 e. The highest BCUT2D eigenvalue weighted by Crippen LogP contribution is 2.30. The van der Waals surface area contributed by atoms with Crippen LogP contribution in [-0.4, -0.2) is 35.5 Å². The van der Waals surface area contributed by atoms with Gasteiger partial charge in [-0.15, -0.1) is 0 Å². The molecule has 2 aliphatic rings. The highest BCUT2D eigenvalue weighted by atomic mass is 16.2. The molecule has 0 aromatic heterocycles. The van der Waals surface area contributed by atoms with Crippen LogP contribution in [0.15, 0.2) is 0 Å². The Morgan fingerprint density at radius 3 is 2.93 bits per heavy atom. The molecule has 0 bridgehead atoms. The van der Waals surface area contributed by atoms with E-state index >= 15 is 0 Å². The number of amides is 1. The fraction of sp³-hybridized carbons (Fsp3) is 0.800. The Bertz CT molecular complexity index is 280. The van der Waals surface area contributed by atoms with E-state index in [1.165, 1.54) is 12.8 Å². The number of piperazine rings is 1. The second-order valence-electron chi connectivity index (χ2n) is 4.22. The minimum Gasteiger partial charge on any atom is -0.351 e. The summed E-state index contributed by atoms with van der Waals surface area (Å²) in [5.41, 5.74) is 0. The van der Waals surface area contributed by atoms with Gasteiger partial charge in [-0.1, -0.05) is 0 Å². The standard InChI is InChI=1S/C10H15N3O/c1-7-6-13(8-2-3-8)9(4-5-11)10(14)12-7/h7-9H,2-4,6H2,1H3,(H,12,14). The summed E-state index contributed by atoms with van der Waals surface area (Å²) in [6.45, 7) is 2.90. The molecule has 0 aromatic rings. The second kappa shape index (κ2) is 3.58. The van der Waals surface area contributed by atoms with Gasteiger partial charge in [-0.05, 0) is 19.8 Å². The minimum absolute atomic E-state index is 0.0252. The molecule has 1 aliphatic heterocycles. The molecule has 14 heavy (non-hydrogen) atoms. The zero-order valence-electron chi connectivity index (χ0n) is 8.36. The van der Waals surface area contributed by atoms with Gasteiger partial charge in [-0.2, -0.15) is 5.26 Å². The Balaban J connectivity index is 2.08. The van der Waals surface area contributed by atoms with Crippen LogP contribution < -0.4 is 5.32 Å². The van der Waals surface area contributed by atoms with Crippen LogP contribution in [0, 0.1) is 11.3 Å². The highest BCUT2D eigenvalue weighted by molar-refractivity contribution is 5.83. The molecule has 1 aliphatic carbocycles. The summed E-state index contributed by atoms with van der Waals surface area (Å²) in [6.07, 6.45) is 2.68. The van der Waals surface area contributed by atoms with Crippen molar-refractivity contribution in [3.8, 4) is 6.07 Å². The van der Waals surface area contributed by atoms with Crippen molar-refractivity contribution < 1.29 is 4.79 Å². The van der Waals surface area contributed by atoms with Gasteiger partial charge in [0.1, 0.15) is 6.04 Å². The summed E-state index contributed by atoms with van der Waals surface area (Å²) < 4.78 is 0. The third-order valence-corrected chi connectivity index (χ3v) is 2.88. The lowest BCUT2D eigenvalue weighted by Gasteiger charge is -2.37. The van der Waals surface area contributed by atoms with Gasteiger partial charge in [0, 0.05) is 18.6 Å². The zero-order valence-corrected chi connectivity index (χ0v) is 8.36. The third-order valence-electron chi connectivity index (χ3n) is 2.88. The predicted octanol–water partition coefficient (Wildman–Crippen LogP) is 0.251. The maximum absolute atomic E-state index is 11.6. The second-order valence-corrected chi connectivity index (χ2v) is 4.22. The van der Waals surface area contributed by atoms with Crippen molar-refractivity contribution in [3.05, 3.63) is 0 Å². The highest BCUT2D eigenvalue weighted by Gasteiger charge is 2.40. The SMILES string of the molecule is CC1CN(C2CC2)C(CC#N)C(=O)N1. The summed E-state index contributed by atoms with van der Waals surface area (Å²) in [7, 11) is 0. The molecule has 1 heterocycles. The molecule has 0 spiro atoms. The molecule has 4 heteroatoms. The van der Waals surface area contributed by atoms with Gasteiger partial charge >= 0.3 is 0 Å². The Kier molecular flexibility index (Phi) is 2.42. The van der Waals surface area contributed by atoms with Crippen LogP contribution in [-0.2, 0) is 4.79 Å². The predicted molar refractivity (Wildman–Crippen MR) is 51.4 cm³/mol. The quantitative estimate of drug-likeness (QED) is 0.684. The van der Waals surface area contributed by atoms with Crippen molar-refractivity contribution in [2.24, 2.45) is 0 Å². The average molecular weight is 193 g/mol. The van der Waals surface area contributed by atoms with Gasteiger partial charge in [0.25, 0.3) is 0 Å². The van der Waals surface area contributed by atoms with E-state index in [0.717, 1.165) is 6.54 Å². The van der Waals surface area contributed by atoms with Gasteiger partial charge in [-0.3, -0.25) is 9.69 Å². The van der Waals surface area contributed by atoms with E-state index in [0.29, 0.717) is 12.5 Å². The first-order valence-corrected chi connectivity index (χ1v) is 5.15. The molecule has 2 rings (SSSR count).